The van der Waals surface area contributed by atoms with Crippen LogP contribution in [0.4, 0.5) is 0 Å². The molecule has 0 bridgehead atoms. The van der Waals surface area contributed by atoms with Crippen molar-refractivity contribution in [1.82, 2.24) is 0 Å². The summed E-state index contributed by atoms with van der Waals surface area (Å²) in [6.07, 6.45) is 5.68. The van der Waals surface area contributed by atoms with Gasteiger partial charge < -0.3 is 0 Å². The number of thioether (sulfide) groups is 6. The van der Waals surface area contributed by atoms with Gasteiger partial charge in [0.2, 0.25) is 0 Å². The fraction of sp³-hybridized carbons (Fsp3) is 0.750. The SMILES string of the molecule is SCC1=CSC(CSC2CCC(SCC3SC=C(CS)S3)CC2)S1. The summed E-state index contributed by atoms with van der Waals surface area (Å²) in [6, 6.07) is 0. The molecule has 2 unspecified atom stereocenters. The minimum atomic E-state index is 0.731. The van der Waals surface area contributed by atoms with Crippen molar-refractivity contribution in [3.05, 3.63) is 20.6 Å². The summed E-state index contributed by atoms with van der Waals surface area (Å²) in [6.45, 7) is 0. The van der Waals surface area contributed by atoms with Crippen molar-refractivity contribution in [2.45, 2.75) is 45.3 Å². The van der Waals surface area contributed by atoms with E-state index >= 15 is 0 Å². The molecule has 0 aromatic rings. The monoisotopic (exact) mass is 472 g/mol. The summed E-state index contributed by atoms with van der Waals surface area (Å²) in [5, 5.41) is 6.42. The van der Waals surface area contributed by atoms with Crippen LogP contribution in [0, 0.1) is 0 Å². The smallest absolute Gasteiger partial charge is 0.0678 e. The predicted molar refractivity (Wildman–Crippen MR) is 133 cm³/mol. The van der Waals surface area contributed by atoms with Gasteiger partial charge in [-0.2, -0.15) is 48.8 Å². The Morgan fingerprint density at radius 1 is 0.792 bits per heavy atom. The van der Waals surface area contributed by atoms with Gasteiger partial charge in [0, 0.05) is 43.3 Å². The Bertz CT molecular complexity index is 413. The Hall–Kier alpha value is 2.28. The predicted octanol–water partition coefficient (Wildman–Crippen LogP) is 6.92. The highest BCUT2D eigenvalue weighted by Gasteiger charge is 2.26. The molecule has 0 nitrogen and oxygen atoms in total. The lowest BCUT2D eigenvalue weighted by Gasteiger charge is -2.28. The first kappa shape index (κ1) is 21.0. The number of thiol groups is 2. The van der Waals surface area contributed by atoms with Crippen LogP contribution in [0.15, 0.2) is 20.6 Å². The standard InChI is InChI=1S/C16H24S8/c17-5-13-7-21-15(23-13)9-19-11-1-2-12(4-3-11)20-10-16-22-8-14(6-18)24-16/h7-8,11-12,15-18H,1-6,9-10H2. The van der Waals surface area contributed by atoms with Gasteiger partial charge in [0.05, 0.1) is 9.16 Å². The molecular weight excluding hydrogens is 449 g/mol. The third kappa shape index (κ3) is 6.71. The Kier molecular flexibility index (Phi) is 9.91. The van der Waals surface area contributed by atoms with Gasteiger partial charge in [-0.3, -0.25) is 0 Å². The highest BCUT2D eigenvalue weighted by molar-refractivity contribution is 8.24. The van der Waals surface area contributed by atoms with Crippen molar-refractivity contribution in [3.8, 4) is 0 Å². The largest absolute Gasteiger partial charge is 0.174 e. The second-order valence-corrected chi connectivity index (χ2v) is 14.6. The first-order valence-electron chi connectivity index (χ1n) is 8.24. The van der Waals surface area contributed by atoms with Crippen molar-refractivity contribution < 1.29 is 0 Å². The molecule has 0 spiro atoms. The Morgan fingerprint density at radius 2 is 1.21 bits per heavy atom. The van der Waals surface area contributed by atoms with E-state index in [1.165, 1.54) is 47.0 Å². The maximum absolute atomic E-state index is 4.38. The van der Waals surface area contributed by atoms with Gasteiger partial charge >= 0.3 is 0 Å². The van der Waals surface area contributed by atoms with Gasteiger partial charge in [0.15, 0.2) is 0 Å². The van der Waals surface area contributed by atoms with E-state index in [-0.39, 0.29) is 0 Å². The van der Waals surface area contributed by atoms with E-state index in [4.69, 9.17) is 0 Å². The van der Waals surface area contributed by atoms with E-state index in [0.717, 1.165) is 31.2 Å². The maximum Gasteiger partial charge on any atom is 0.0678 e. The molecule has 0 radical (unpaired) electrons. The third-order valence-electron chi connectivity index (χ3n) is 4.14. The average Bonchev–Trinajstić information content (AvgIpc) is 3.28. The highest BCUT2D eigenvalue weighted by Crippen LogP contribution is 2.45. The van der Waals surface area contributed by atoms with E-state index in [9.17, 15) is 0 Å². The molecule has 1 aliphatic carbocycles. The van der Waals surface area contributed by atoms with E-state index < -0.39 is 0 Å². The second kappa shape index (κ2) is 11.3. The molecular formula is C16H24S8. The van der Waals surface area contributed by atoms with E-state index in [0.29, 0.717) is 0 Å². The Balaban J connectivity index is 1.25. The highest BCUT2D eigenvalue weighted by atomic mass is 32.2. The zero-order valence-electron chi connectivity index (χ0n) is 13.5. The lowest BCUT2D eigenvalue weighted by atomic mass is 10.00. The Morgan fingerprint density at radius 3 is 1.54 bits per heavy atom. The molecule has 2 atom stereocenters. The van der Waals surface area contributed by atoms with Gasteiger partial charge in [-0.1, -0.05) is 0 Å². The van der Waals surface area contributed by atoms with Crippen LogP contribution in [0.3, 0.4) is 0 Å². The van der Waals surface area contributed by atoms with E-state index in [1.807, 2.05) is 47.0 Å². The van der Waals surface area contributed by atoms with Crippen LogP contribution in [0.5, 0.6) is 0 Å². The minimum Gasteiger partial charge on any atom is -0.174 e. The fourth-order valence-corrected chi connectivity index (χ4v) is 11.8. The summed E-state index contributed by atoms with van der Waals surface area (Å²) >= 11 is 21.3. The lowest BCUT2D eigenvalue weighted by molar-refractivity contribution is 0.528. The first-order chi connectivity index (χ1) is 11.8. The first-order valence-corrected chi connectivity index (χ1v) is 15.2. The van der Waals surface area contributed by atoms with Crippen molar-refractivity contribution in [1.29, 1.82) is 0 Å². The molecule has 0 N–H and O–H groups in total. The van der Waals surface area contributed by atoms with Crippen LogP contribution in [-0.4, -0.2) is 42.7 Å². The lowest BCUT2D eigenvalue weighted by Crippen LogP contribution is -2.20. The summed E-state index contributed by atoms with van der Waals surface area (Å²) in [4.78, 5) is 2.90. The molecule has 0 saturated heterocycles. The number of hydrogen-bond donors (Lipinski definition) is 2. The molecule has 1 saturated carbocycles. The van der Waals surface area contributed by atoms with Crippen molar-refractivity contribution in [3.63, 3.8) is 0 Å². The number of hydrogen-bond acceptors (Lipinski definition) is 8. The molecule has 0 amide bonds. The quantitative estimate of drug-likeness (QED) is 0.365. The second-order valence-electron chi connectivity index (χ2n) is 5.92. The van der Waals surface area contributed by atoms with Crippen molar-refractivity contribution >= 4 is 95.8 Å². The van der Waals surface area contributed by atoms with Gasteiger partial charge in [-0.05, 0) is 36.5 Å². The molecule has 8 heteroatoms. The molecule has 24 heavy (non-hydrogen) atoms. The zero-order valence-corrected chi connectivity index (χ0v) is 20.2. The fourth-order valence-electron chi connectivity index (χ4n) is 2.84. The van der Waals surface area contributed by atoms with Crippen LogP contribution in [0.25, 0.3) is 0 Å². The molecule has 2 heterocycles. The maximum atomic E-state index is 4.38. The zero-order chi connectivity index (χ0) is 16.8. The van der Waals surface area contributed by atoms with Gasteiger partial charge in [-0.25, -0.2) is 0 Å². The molecule has 0 aromatic heterocycles. The molecule has 3 rings (SSSR count). The molecule has 136 valence electrons. The summed E-state index contributed by atoms with van der Waals surface area (Å²) in [5.74, 6) is 4.39. The van der Waals surface area contributed by atoms with Gasteiger partial charge in [0.1, 0.15) is 0 Å². The van der Waals surface area contributed by atoms with Crippen molar-refractivity contribution in [2.24, 2.45) is 0 Å². The van der Waals surface area contributed by atoms with Crippen LogP contribution in [-0.2, 0) is 0 Å². The van der Waals surface area contributed by atoms with Crippen LogP contribution >= 0.6 is 95.8 Å². The molecule has 3 aliphatic rings. The van der Waals surface area contributed by atoms with E-state index in [2.05, 4.69) is 59.6 Å². The summed E-state index contributed by atoms with van der Waals surface area (Å²) in [7, 11) is 0. The minimum absolute atomic E-state index is 0.731. The van der Waals surface area contributed by atoms with Crippen LogP contribution < -0.4 is 0 Å². The van der Waals surface area contributed by atoms with Crippen LogP contribution in [0.2, 0.25) is 0 Å². The van der Waals surface area contributed by atoms with Gasteiger partial charge in [-0.15, -0.1) is 47.0 Å². The topological polar surface area (TPSA) is 0 Å². The third-order valence-corrected chi connectivity index (χ3v) is 14.3. The van der Waals surface area contributed by atoms with Gasteiger partial charge in [0.25, 0.3) is 0 Å². The molecule has 1 fully saturated rings. The normalized spacial score (nSPS) is 33.6. The van der Waals surface area contributed by atoms with E-state index in [1.54, 1.807) is 0 Å². The summed E-state index contributed by atoms with van der Waals surface area (Å²) < 4.78 is 1.46. The molecule has 2 aliphatic heterocycles. The Labute approximate surface area is 183 Å². The summed E-state index contributed by atoms with van der Waals surface area (Å²) in [5.41, 5.74) is 0. The van der Waals surface area contributed by atoms with Crippen LogP contribution in [0.1, 0.15) is 25.7 Å². The van der Waals surface area contributed by atoms with Crippen molar-refractivity contribution in [2.75, 3.05) is 23.0 Å². The average molecular weight is 473 g/mol. The molecule has 0 aromatic carbocycles. The number of rotatable bonds is 8.